The van der Waals surface area contributed by atoms with Gasteiger partial charge in [0.15, 0.2) is 5.76 Å². The number of imide groups is 1. The minimum absolute atomic E-state index is 0.102. The van der Waals surface area contributed by atoms with Crippen LogP contribution in [0, 0.1) is 13.8 Å². The van der Waals surface area contributed by atoms with Crippen molar-refractivity contribution < 1.29 is 14.1 Å². The van der Waals surface area contributed by atoms with Crippen LogP contribution in [0.1, 0.15) is 23.9 Å². The molecule has 1 aliphatic heterocycles. The number of nitrogens with zero attached hydrogens (tertiary/aromatic N) is 3. The summed E-state index contributed by atoms with van der Waals surface area (Å²) in [5, 5.41) is 3.78. The summed E-state index contributed by atoms with van der Waals surface area (Å²) in [6, 6.07) is 8.39. The fourth-order valence-corrected chi connectivity index (χ4v) is 2.56. The van der Waals surface area contributed by atoms with Crippen LogP contribution in [-0.4, -0.2) is 28.0 Å². The van der Waals surface area contributed by atoms with Crippen LogP contribution in [0.5, 0.6) is 0 Å². The van der Waals surface area contributed by atoms with Gasteiger partial charge in [0.05, 0.1) is 12.2 Å². The molecule has 3 amide bonds. The second kappa shape index (κ2) is 5.29. The smallest absolute Gasteiger partial charge is 0.332 e. The molecule has 1 saturated heterocycles. The predicted octanol–water partition coefficient (Wildman–Crippen LogP) is 2.65. The van der Waals surface area contributed by atoms with E-state index in [2.05, 4.69) is 5.16 Å². The van der Waals surface area contributed by atoms with E-state index in [0.29, 0.717) is 11.4 Å². The van der Waals surface area contributed by atoms with Crippen molar-refractivity contribution in [1.29, 1.82) is 0 Å². The number of rotatable bonds is 3. The summed E-state index contributed by atoms with van der Waals surface area (Å²) in [6.07, 6.45) is 0. The highest BCUT2D eigenvalue weighted by Gasteiger charge is 2.43. The second-order valence-electron chi connectivity index (χ2n) is 5.52. The molecule has 114 valence electrons. The van der Waals surface area contributed by atoms with Gasteiger partial charge >= 0.3 is 6.03 Å². The average Bonchev–Trinajstić information content (AvgIpc) is 2.98. The molecule has 1 atom stereocenters. The maximum absolute atomic E-state index is 12.6. The molecule has 0 aliphatic carbocycles. The molecule has 1 aromatic carbocycles. The SMILES string of the molecule is Cc1ccc(N2C(=O)N(Cc3cc(C)no3)C(=O)C2C)cc1. The summed E-state index contributed by atoms with van der Waals surface area (Å²) in [5.74, 6) is 0.261. The predicted molar refractivity (Wildman–Crippen MR) is 80.3 cm³/mol. The fourth-order valence-electron chi connectivity index (χ4n) is 2.56. The Balaban J connectivity index is 1.87. The Labute approximate surface area is 128 Å². The van der Waals surface area contributed by atoms with E-state index in [1.807, 2.05) is 31.2 Å². The molecular formula is C16H17N3O3. The van der Waals surface area contributed by atoms with Crippen LogP contribution in [0.3, 0.4) is 0 Å². The number of amides is 3. The van der Waals surface area contributed by atoms with E-state index in [1.165, 1.54) is 9.80 Å². The molecule has 0 saturated carbocycles. The largest absolute Gasteiger partial charge is 0.359 e. The zero-order chi connectivity index (χ0) is 15.9. The van der Waals surface area contributed by atoms with Gasteiger partial charge in [0, 0.05) is 11.8 Å². The molecule has 1 unspecified atom stereocenters. The molecule has 3 rings (SSSR count). The molecule has 6 nitrogen and oxygen atoms in total. The minimum atomic E-state index is -0.528. The van der Waals surface area contributed by atoms with Crippen molar-refractivity contribution >= 4 is 17.6 Å². The first-order chi connectivity index (χ1) is 10.5. The third-order valence-electron chi connectivity index (χ3n) is 3.75. The number of carbonyl (C=O) groups is 2. The molecule has 1 fully saturated rings. The Morgan fingerprint density at radius 3 is 2.45 bits per heavy atom. The molecule has 1 aliphatic rings. The Morgan fingerprint density at radius 1 is 1.18 bits per heavy atom. The van der Waals surface area contributed by atoms with E-state index in [4.69, 9.17) is 4.52 Å². The monoisotopic (exact) mass is 299 g/mol. The van der Waals surface area contributed by atoms with Crippen LogP contribution < -0.4 is 4.90 Å². The third kappa shape index (κ3) is 2.36. The molecule has 22 heavy (non-hydrogen) atoms. The Kier molecular flexibility index (Phi) is 3.44. The van der Waals surface area contributed by atoms with E-state index in [1.54, 1.807) is 19.9 Å². The van der Waals surface area contributed by atoms with Crippen molar-refractivity contribution in [2.75, 3.05) is 4.90 Å². The molecule has 1 aromatic heterocycles. The number of anilines is 1. The molecule has 6 heteroatoms. The summed E-state index contributed by atoms with van der Waals surface area (Å²) in [6.45, 7) is 5.60. The van der Waals surface area contributed by atoms with E-state index >= 15 is 0 Å². The van der Waals surface area contributed by atoms with Crippen molar-refractivity contribution in [3.8, 4) is 0 Å². The van der Waals surface area contributed by atoms with Crippen molar-refractivity contribution in [3.63, 3.8) is 0 Å². The summed E-state index contributed by atoms with van der Waals surface area (Å²) in [7, 11) is 0. The first-order valence-electron chi connectivity index (χ1n) is 7.11. The lowest BCUT2D eigenvalue weighted by Crippen LogP contribution is -2.33. The Bertz CT molecular complexity index is 720. The zero-order valence-electron chi connectivity index (χ0n) is 12.7. The molecule has 0 radical (unpaired) electrons. The summed E-state index contributed by atoms with van der Waals surface area (Å²) in [4.78, 5) is 27.7. The highest BCUT2D eigenvalue weighted by atomic mass is 16.5. The van der Waals surface area contributed by atoms with Gasteiger partial charge in [0.2, 0.25) is 0 Å². The van der Waals surface area contributed by atoms with Gasteiger partial charge in [-0.05, 0) is 32.9 Å². The highest BCUT2D eigenvalue weighted by Crippen LogP contribution is 2.27. The van der Waals surface area contributed by atoms with Gasteiger partial charge in [0.1, 0.15) is 6.04 Å². The summed E-state index contributed by atoms with van der Waals surface area (Å²) < 4.78 is 5.10. The third-order valence-corrected chi connectivity index (χ3v) is 3.75. The molecule has 0 spiro atoms. The van der Waals surface area contributed by atoms with Gasteiger partial charge in [-0.15, -0.1) is 0 Å². The number of urea groups is 1. The van der Waals surface area contributed by atoms with Crippen molar-refractivity contribution in [3.05, 3.63) is 47.3 Å². The standard InChI is InChI=1S/C16H17N3O3/c1-10-4-6-13(7-5-10)19-12(3)15(20)18(16(19)21)9-14-8-11(2)17-22-14/h4-8,12H,9H2,1-3H3. The lowest BCUT2D eigenvalue weighted by Gasteiger charge is -2.19. The van der Waals surface area contributed by atoms with Gasteiger partial charge in [-0.25, -0.2) is 4.79 Å². The number of carbonyl (C=O) groups excluding carboxylic acids is 2. The number of benzene rings is 1. The van der Waals surface area contributed by atoms with Crippen LogP contribution in [0.15, 0.2) is 34.9 Å². The topological polar surface area (TPSA) is 66.7 Å². The van der Waals surface area contributed by atoms with Gasteiger partial charge in [-0.3, -0.25) is 14.6 Å². The normalized spacial score (nSPS) is 18.4. The first-order valence-corrected chi connectivity index (χ1v) is 7.11. The van der Waals surface area contributed by atoms with Gasteiger partial charge in [-0.1, -0.05) is 22.9 Å². The quantitative estimate of drug-likeness (QED) is 0.817. The lowest BCUT2D eigenvalue weighted by molar-refractivity contribution is -0.127. The number of aromatic nitrogens is 1. The molecular weight excluding hydrogens is 282 g/mol. The van der Waals surface area contributed by atoms with E-state index in [9.17, 15) is 9.59 Å². The van der Waals surface area contributed by atoms with E-state index < -0.39 is 6.04 Å². The second-order valence-corrected chi connectivity index (χ2v) is 5.52. The van der Waals surface area contributed by atoms with E-state index in [-0.39, 0.29) is 18.5 Å². The highest BCUT2D eigenvalue weighted by molar-refractivity contribution is 6.13. The molecule has 0 N–H and O–H groups in total. The molecule has 2 heterocycles. The number of hydrogen-bond donors (Lipinski definition) is 0. The minimum Gasteiger partial charge on any atom is -0.359 e. The van der Waals surface area contributed by atoms with Gasteiger partial charge in [-0.2, -0.15) is 0 Å². The van der Waals surface area contributed by atoms with Crippen molar-refractivity contribution in [2.45, 2.75) is 33.4 Å². The molecule has 0 bridgehead atoms. The van der Waals surface area contributed by atoms with Crippen LogP contribution in [0.25, 0.3) is 0 Å². The first kappa shape index (κ1) is 14.3. The number of aryl methyl sites for hydroxylation is 2. The zero-order valence-corrected chi connectivity index (χ0v) is 12.7. The van der Waals surface area contributed by atoms with Crippen LogP contribution in [0.2, 0.25) is 0 Å². The maximum atomic E-state index is 12.6. The number of hydrogen-bond acceptors (Lipinski definition) is 4. The average molecular weight is 299 g/mol. The Hall–Kier alpha value is -2.63. The summed E-state index contributed by atoms with van der Waals surface area (Å²) >= 11 is 0. The van der Waals surface area contributed by atoms with Crippen LogP contribution in [-0.2, 0) is 11.3 Å². The van der Waals surface area contributed by atoms with Crippen molar-refractivity contribution in [1.82, 2.24) is 10.1 Å². The van der Waals surface area contributed by atoms with Crippen LogP contribution >= 0.6 is 0 Å². The fraction of sp³-hybridized carbons (Fsp3) is 0.312. The van der Waals surface area contributed by atoms with Crippen LogP contribution in [0.4, 0.5) is 10.5 Å². The van der Waals surface area contributed by atoms with E-state index in [0.717, 1.165) is 11.3 Å². The maximum Gasteiger partial charge on any atom is 0.332 e. The summed E-state index contributed by atoms with van der Waals surface area (Å²) in [5.41, 5.74) is 2.54. The van der Waals surface area contributed by atoms with Crippen molar-refractivity contribution in [2.24, 2.45) is 0 Å². The van der Waals surface area contributed by atoms with Gasteiger partial charge < -0.3 is 4.52 Å². The lowest BCUT2D eigenvalue weighted by atomic mass is 10.2. The van der Waals surface area contributed by atoms with Gasteiger partial charge in [0.25, 0.3) is 5.91 Å². The Morgan fingerprint density at radius 2 is 1.86 bits per heavy atom. The molecule has 2 aromatic rings.